The van der Waals surface area contributed by atoms with Crippen molar-refractivity contribution in [3.8, 4) is 0 Å². The van der Waals surface area contributed by atoms with Crippen molar-refractivity contribution in [3.63, 3.8) is 0 Å². The average Bonchev–Trinajstić information content (AvgIpc) is 2.67. The molecule has 0 aliphatic heterocycles. The number of aromatic nitrogens is 1. The van der Waals surface area contributed by atoms with Crippen LogP contribution in [0.15, 0.2) is 24.3 Å². The Labute approximate surface area is 128 Å². The number of aryl methyl sites for hydroxylation is 2. The summed E-state index contributed by atoms with van der Waals surface area (Å²) in [6.45, 7) is 8.74. The van der Waals surface area contributed by atoms with Gasteiger partial charge in [-0.05, 0) is 38.6 Å². The molecule has 0 fully saturated rings. The second kappa shape index (κ2) is 6.63. The molecule has 0 spiro atoms. The molecule has 116 valence electrons. The third kappa shape index (κ3) is 3.30. The van der Waals surface area contributed by atoms with Crippen molar-refractivity contribution >= 4 is 10.9 Å². The van der Waals surface area contributed by atoms with Gasteiger partial charge >= 0.3 is 0 Å². The van der Waals surface area contributed by atoms with E-state index in [1.54, 1.807) is 0 Å². The monoisotopic (exact) mass is 287 g/mol. The Bertz CT molecular complexity index is 549. The molecule has 2 aromatic rings. The fraction of sp³-hybridized carbons (Fsp3) is 0.556. The van der Waals surface area contributed by atoms with Crippen molar-refractivity contribution in [2.75, 3.05) is 20.6 Å². The number of benzene rings is 1. The zero-order valence-corrected chi connectivity index (χ0v) is 14.3. The van der Waals surface area contributed by atoms with E-state index in [0.717, 1.165) is 13.1 Å². The van der Waals surface area contributed by atoms with Gasteiger partial charge in [-0.15, -0.1) is 0 Å². The van der Waals surface area contributed by atoms with Crippen molar-refractivity contribution in [2.24, 2.45) is 13.0 Å². The predicted octanol–water partition coefficient (Wildman–Crippen LogP) is 3.16. The standard InChI is InChI=1S/C18H29N3/c1-13(2)17(20(4)5)11-19-12-18-14(3)15-9-7-8-10-16(15)21(18)6/h7-10,13,17,19H,11-12H2,1-6H3. The van der Waals surface area contributed by atoms with Gasteiger partial charge in [0.15, 0.2) is 0 Å². The van der Waals surface area contributed by atoms with E-state index in [4.69, 9.17) is 0 Å². The molecule has 1 N–H and O–H groups in total. The Morgan fingerprint density at radius 2 is 1.86 bits per heavy atom. The Morgan fingerprint density at radius 1 is 1.19 bits per heavy atom. The maximum atomic E-state index is 3.64. The number of fused-ring (bicyclic) bond motifs is 1. The Morgan fingerprint density at radius 3 is 2.43 bits per heavy atom. The lowest BCUT2D eigenvalue weighted by Gasteiger charge is -2.28. The summed E-state index contributed by atoms with van der Waals surface area (Å²) >= 11 is 0. The summed E-state index contributed by atoms with van der Waals surface area (Å²) < 4.78 is 2.32. The molecular weight excluding hydrogens is 258 g/mol. The molecule has 1 atom stereocenters. The maximum absolute atomic E-state index is 3.64. The Hall–Kier alpha value is -1.32. The number of rotatable bonds is 6. The summed E-state index contributed by atoms with van der Waals surface area (Å²) in [7, 11) is 6.49. The van der Waals surface area contributed by atoms with Crippen LogP contribution >= 0.6 is 0 Å². The average molecular weight is 287 g/mol. The van der Waals surface area contributed by atoms with Crippen LogP contribution in [0.2, 0.25) is 0 Å². The van der Waals surface area contributed by atoms with Crippen LogP contribution in [0.5, 0.6) is 0 Å². The van der Waals surface area contributed by atoms with E-state index in [1.165, 1.54) is 22.2 Å². The molecule has 3 nitrogen and oxygen atoms in total. The van der Waals surface area contributed by atoms with Crippen LogP contribution < -0.4 is 5.32 Å². The summed E-state index contributed by atoms with van der Waals surface area (Å²) in [4.78, 5) is 2.31. The van der Waals surface area contributed by atoms with E-state index >= 15 is 0 Å². The predicted molar refractivity (Wildman–Crippen MR) is 91.7 cm³/mol. The smallest absolute Gasteiger partial charge is 0.0483 e. The van der Waals surface area contributed by atoms with Crippen LogP contribution in [0.25, 0.3) is 10.9 Å². The van der Waals surface area contributed by atoms with Gasteiger partial charge in [0, 0.05) is 42.8 Å². The summed E-state index contributed by atoms with van der Waals surface area (Å²) in [6.07, 6.45) is 0. The van der Waals surface area contributed by atoms with Gasteiger partial charge in [-0.25, -0.2) is 0 Å². The number of hydrogen-bond donors (Lipinski definition) is 1. The van der Waals surface area contributed by atoms with Crippen LogP contribution in [-0.4, -0.2) is 36.1 Å². The summed E-state index contributed by atoms with van der Waals surface area (Å²) in [6, 6.07) is 9.21. The molecule has 0 aliphatic carbocycles. The van der Waals surface area contributed by atoms with E-state index in [9.17, 15) is 0 Å². The van der Waals surface area contributed by atoms with Gasteiger partial charge in [0.05, 0.1) is 0 Å². The van der Waals surface area contributed by atoms with E-state index < -0.39 is 0 Å². The molecule has 0 bridgehead atoms. The molecule has 1 heterocycles. The van der Waals surface area contributed by atoms with Crippen LogP contribution in [0.1, 0.15) is 25.1 Å². The van der Waals surface area contributed by atoms with E-state index in [-0.39, 0.29) is 0 Å². The molecule has 21 heavy (non-hydrogen) atoms. The topological polar surface area (TPSA) is 20.2 Å². The van der Waals surface area contributed by atoms with Crippen LogP contribution in [-0.2, 0) is 13.6 Å². The lowest BCUT2D eigenvalue weighted by molar-refractivity contribution is 0.224. The van der Waals surface area contributed by atoms with Crippen molar-refractivity contribution < 1.29 is 0 Å². The SMILES string of the molecule is Cc1c(CNCC(C(C)C)N(C)C)n(C)c2ccccc12. The summed E-state index contributed by atoms with van der Waals surface area (Å²) in [5.74, 6) is 0.654. The highest BCUT2D eigenvalue weighted by Crippen LogP contribution is 2.24. The van der Waals surface area contributed by atoms with Crippen LogP contribution in [0.4, 0.5) is 0 Å². The number of likely N-dealkylation sites (N-methyl/N-ethyl adjacent to an activating group) is 1. The third-order valence-electron chi connectivity index (χ3n) is 4.59. The molecule has 1 unspecified atom stereocenters. The van der Waals surface area contributed by atoms with Crippen molar-refractivity contribution in [2.45, 2.75) is 33.4 Å². The minimum Gasteiger partial charge on any atom is -0.346 e. The zero-order valence-electron chi connectivity index (χ0n) is 14.3. The summed E-state index contributed by atoms with van der Waals surface area (Å²) in [5.41, 5.74) is 4.10. The first kappa shape index (κ1) is 16.1. The quantitative estimate of drug-likeness (QED) is 0.880. The molecule has 0 amide bonds. The second-order valence-electron chi connectivity index (χ2n) is 6.55. The minimum atomic E-state index is 0.569. The van der Waals surface area contributed by atoms with Gasteiger partial charge in [0.25, 0.3) is 0 Å². The molecular formula is C18H29N3. The maximum Gasteiger partial charge on any atom is 0.0483 e. The lowest BCUT2D eigenvalue weighted by atomic mass is 10.0. The fourth-order valence-corrected chi connectivity index (χ4v) is 3.24. The van der Waals surface area contributed by atoms with Crippen molar-refractivity contribution in [1.29, 1.82) is 0 Å². The van der Waals surface area contributed by atoms with Gasteiger partial charge in [-0.3, -0.25) is 0 Å². The first-order chi connectivity index (χ1) is 9.93. The Balaban J connectivity index is 2.10. The molecule has 0 radical (unpaired) electrons. The van der Waals surface area contributed by atoms with Gasteiger partial charge in [0.2, 0.25) is 0 Å². The van der Waals surface area contributed by atoms with Gasteiger partial charge in [-0.2, -0.15) is 0 Å². The number of para-hydroxylation sites is 1. The first-order valence-corrected chi connectivity index (χ1v) is 7.83. The summed E-state index contributed by atoms with van der Waals surface area (Å²) in [5, 5.41) is 5.01. The highest BCUT2D eigenvalue weighted by atomic mass is 15.1. The number of nitrogens with one attached hydrogen (secondary N) is 1. The van der Waals surface area contributed by atoms with Gasteiger partial charge < -0.3 is 14.8 Å². The van der Waals surface area contributed by atoms with Crippen molar-refractivity contribution in [3.05, 3.63) is 35.5 Å². The molecule has 0 saturated carbocycles. The molecule has 0 saturated heterocycles. The number of hydrogen-bond acceptors (Lipinski definition) is 2. The number of nitrogens with zero attached hydrogens (tertiary/aromatic N) is 2. The molecule has 2 rings (SSSR count). The highest BCUT2D eigenvalue weighted by Gasteiger charge is 2.16. The third-order valence-corrected chi connectivity index (χ3v) is 4.59. The van der Waals surface area contributed by atoms with E-state index in [1.807, 2.05) is 0 Å². The molecule has 0 aliphatic rings. The largest absolute Gasteiger partial charge is 0.346 e. The normalized spacial score (nSPS) is 13.5. The highest BCUT2D eigenvalue weighted by molar-refractivity contribution is 5.85. The first-order valence-electron chi connectivity index (χ1n) is 7.83. The lowest BCUT2D eigenvalue weighted by Crippen LogP contribution is -2.41. The Kier molecular flexibility index (Phi) is 5.07. The van der Waals surface area contributed by atoms with Crippen LogP contribution in [0, 0.1) is 12.8 Å². The van der Waals surface area contributed by atoms with Gasteiger partial charge in [0.1, 0.15) is 0 Å². The van der Waals surface area contributed by atoms with E-state index in [2.05, 4.69) is 81.0 Å². The van der Waals surface area contributed by atoms with Gasteiger partial charge in [-0.1, -0.05) is 32.0 Å². The van der Waals surface area contributed by atoms with E-state index in [0.29, 0.717) is 12.0 Å². The second-order valence-corrected chi connectivity index (χ2v) is 6.55. The molecule has 1 aromatic carbocycles. The zero-order chi connectivity index (χ0) is 15.6. The molecule has 1 aromatic heterocycles. The molecule has 3 heteroatoms. The van der Waals surface area contributed by atoms with Crippen LogP contribution in [0.3, 0.4) is 0 Å². The van der Waals surface area contributed by atoms with Crippen molar-refractivity contribution in [1.82, 2.24) is 14.8 Å². The fourth-order valence-electron chi connectivity index (χ4n) is 3.24. The minimum absolute atomic E-state index is 0.569.